The van der Waals surface area contributed by atoms with Gasteiger partial charge in [0, 0.05) is 4.47 Å². The van der Waals surface area contributed by atoms with Gasteiger partial charge in [0.1, 0.15) is 5.82 Å². The molecule has 4 heteroatoms. The number of benzene rings is 2. The first-order valence-electron chi connectivity index (χ1n) is 6.99. The number of rotatable bonds is 2. The number of hydrogen-bond donors (Lipinski definition) is 1. The number of amides is 1. The lowest BCUT2D eigenvalue weighted by Crippen LogP contribution is -2.31. The van der Waals surface area contributed by atoms with E-state index in [1.54, 1.807) is 0 Å². The second-order valence-corrected chi connectivity index (χ2v) is 6.10. The fourth-order valence-electron chi connectivity index (χ4n) is 2.81. The van der Waals surface area contributed by atoms with Gasteiger partial charge in [0.25, 0.3) is 5.91 Å². The summed E-state index contributed by atoms with van der Waals surface area (Å²) in [6.07, 6.45) is 3.05. The summed E-state index contributed by atoms with van der Waals surface area (Å²) in [6.45, 7) is 0. The number of halogens is 2. The largest absolute Gasteiger partial charge is 0.345 e. The van der Waals surface area contributed by atoms with Crippen molar-refractivity contribution in [3.8, 4) is 0 Å². The van der Waals surface area contributed by atoms with Crippen LogP contribution in [0.3, 0.4) is 0 Å². The van der Waals surface area contributed by atoms with Crippen LogP contribution in [0, 0.1) is 5.82 Å². The summed E-state index contributed by atoms with van der Waals surface area (Å²) in [6, 6.07) is 12.3. The molecular weight excluding hydrogens is 333 g/mol. The summed E-state index contributed by atoms with van der Waals surface area (Å²) >= 11 is 3.24. The van der Waals surface area contributed by atoms with Crippen LogP contribution in [0.5, 0.6) is 0 Å². The van der Waals surface area contributed by atoms with Gasteiger partial charge in [-0.25, -0.2) is 4.39 Å². The third-order valence-corrected chi connectivity index (χ3v) is 4.51. The topological polar surface area (TPSA) is 29.1 Å². The molecule has 2 aromatic rings. The zero-order valence-corrected chi connectivity index (χ0v) is 13.0. The van der Waals surface area contributed by atoms with Crippen molar-refractivity contribution in [3.63, 3.8) is 0 Å². The molecule has 21 heavy (non-hydrogen) atoms. The molecule has 3 rings (SSSR count). The van der Waals surface area contributed by atoms with Crippen LogP contribution in [0.2, 0.25) is 0 Å². The second-order valence-electron chi connectivity index (χ2n) is 5.24. The van der Waals surface area contributed by atoms with Crippen LogP contribution in [-0.2, 0) is 6.42 Å². The number of hydrogen-bond acceptors (Lipinski definition) is 1. The molecule has 0 spiro atoms. The Morgan fingerprint density at radius 1 is 1.24 bits per heavy atom. The van der Waals surface area contributed by atoms with Crippen LogP contribution >= 0.6 is 15.9 Å². The van der Waals surface area contributed by atoms with E-state index in [2.05, 4.69) is 33.4 Å². The molecule has 0 aliphatic heterocycles. The van der Waals surface area contributed by atoms with E-state index in [-0.39, 0.29) is 17.8 Å². The van der Waals surface area contributed by atoms with Crippen molar-refractivity contribution in [1.29, 1.82) is 0 Å². The summed E-state index contributed by atoms with van der Waals surface area (Å²) in [4.78, 5) is 12.4. The summed E-state index contributed by atoms with van der Waals surface area (Å²) in [7, 11) is 0. The first kappa shape index (κ1) is 14.3. The molecule has 0 saturated carbocycles. The number of fused-ring (bicyclic) bond motifs is 1. The molecule has 0 heterocycles. The summed E-state index contributed by atoms with van der Waals surface area (Å²) in [5, 5.41) is 3.06. The molecule has 0 saturated heterocycles. The average Bonchev–Trinajstić information content (AvgIpc) is 2.47. The highest BCUT2D eigenvalue weighted by molar-refractivity contribution is 9.10. The minimum Gasteiger partial charge on any atom is -0.345 e. The minimum absolute atomic E-state index is 0.0272. The zero-order chi connectivity index (χ0) is 14.8. The normalized spacial score (nSPS) is 17.1. The zero-order valence-electron chi connectivity index (χ0n) is 11.4. The third kappa shape index (κ3) is 3.00. The number of carbonyl (C=O) groups excluding carboxylic acids is 1. The molecule has 0 bridgehead atoms. The van der Waals surface area contributed by atoms with E-state index in [1.807, 2.05) is 12.1 Å². The Bertz CT molecular complexity index is 686. The first-order valence-corrected chi connectivity index (χ1v) is 7.78. The molecule has 1 N–H and O–H groups in total. The molecule has 1 atom stereocenters. The lowest BCUT2D eigenvalue weighted by molar-refractivity contribution is 0.0932. The van der Waals surface area contributed by atoms with Gasteiger partial charge in [0.05, 0.1) is 11.6 Å². The van der Waals surface area contributed by atoms with E-state index >= 15 is 0 Å². The fourth-order valence-corrected chi connectivity index (χ4v) is 3.34. The predicted octanol–water partition coefficient (Wildman–Crippen LogP) is 4.40. The Hall–Kier alpha value is -1.68. The number of nitrogens with one attached hydrogen (secondary N) is 1. The third-order valence-electron chi connectivity index (χ3n) is 3.85. The highest BCUT2D eigenvalue weighted by Crippen LogP contribution is 2.30. The van der Waals surface area contributed by atoms with Crippen molar-refractivity contribution >= 4 is 21.8 Å². The lowest BCUT2D eigenvalue weighted by Gasteiger charge is -2.26. The Kier molecular flexibility index (Phi) is 4.06. The maximum Gasteiger partial charge on any atom is 0.252 e. The lowest BCUT2D eigenvalue weighted by atomic mass is 9.87. The van der Waals surface area contributed by atoms with Crippen LogP contribution in [0.4, 0.5) is 4.39 Å². The molecule has 0 radical (unpaired) electrons. The van der Waals surface area contributed by atoms with Crippen molar-refractivity contribution in [2.45, 2.75) is 25.3 Å². The van der Waals surface area contributed by atoms with Gasteiger partial charge in [0.2, 0.25) is 0 Å². The SMILES string of the molecule is O=C(N[C@H]1CCCc2ccccc21)c1ccc(F)cc1Br. The Labute approximate surface area is 131 Å². The van der Waals surface area contributed by atoms with Crippen LogP contribution in [-0.4, -0.2) is 5.91 Å². The highest BCUT2D eigenvalue weighted by Gasteiger charge is 2.22. The molecular formula is C17H15BrFNO. The first-order chi connectivity index (χ1) is 10.1. The van der Waals surface area contributed by atoms with Gasteiger partial charge in [-0.1, -0.05) is 24.3 Å². The van der Waals surface area contributed by atoms with E-state index in [9.17, 15) is 9.18 Å². The molecule has 2 aromatic carbocycles. The van der Waals surface area contributed by atoms with Gasteiger partial charge in [-0.05, 0) is 64.5 Å². The Morgan fingerprint density at radius 2 is 2.05 bits per heavy atom. The molecule has 1 aliphatic carbocycles. The number of aryl methyl sites for hydroxylation is 1. The van der Waals surface area contributed by atoms with Crippen LogP contribution in [0.25, 0.3) is 0 Å². The highest BCUT2D eigenvalue weighted by atomic mass is 79.9. The smallest absolute Gasteiger partial charge is 0.252 e. The van der Waals surface area contributed by atoms with Crippen molar-refractivity contribution in [3.05, 3.63) is 69.4 Å². The van der Waals surface area contributed by atoms with Gasteiger partial charge in [-0.3, -0.25) is 4.79 Å². The standard InChI is InChI=1S/C17H15BrFNO/c18-15-10-12(19)8-9-14(15)17(21)20-16-7-3-5-11-4-1-2-6-13(11)16/h1-2,4,6,8-10,16H,3,5,7H2,(H,20,21)/t16-/m0/s1. The quantitative estimate of drug-likeness (QED) is 0.857. The maximum absolute atomic E-state index is 13.1. The summed E-state index contributed by atoms with van der Waals surface area (Å²) in [5.41, 5.74) is 2.95. The van der Waals surface area contributed by atoms with E-state index in [4.69, 9.17) is 0 Å². The molecule has 0 aromatic heterocycles. The van der Waals surface area contributed by atoms with E-state index < -0.39 is 0 Å². The number of carbonyl (C=O) groups is 1. The average molecular weight is 348 g/mol. The van der Waals surface area contributed by atoms with Crippen molar-refractivity contribution in [1.82, 2.24) is 5.32 Å². The van der Waals surface area contributed by atoms with Crippen LogP contribution in [0.15, 0.2) is 46.9 Å². The van der Waals surface area contributed by atoms with Crippen molar-refractivity contribution in [2.75, 3.05) is 0 Å². The molecule has 0 unspecified atom stereocenters. The molecule has 2 nitrogen and oxygen atoms in total. The molecule has 1 amide bonds. The predicted molar refractivity (Wildman–Crippen MR) is 83.7 cm³/mol. The van der Waals surface area contributed by atoms with Crippen LogP contribution < -0.4 is 5.32 Å². The monoisotopic (exact) mass is 347 g/mol. The minimum atomic E-state index is -0.360. The van der Waals surface area contributed by atoms with Crippen molar-refractivity contribution < 1.29 is 9.18 Å². The van der Waals surface area contributed by atoms with Crippen LogP contribution in [0.1, 0.15) is 40.4 Å². The fraction of sp³-hybridized carbons (Fsp3) is 0.235. The van der Waals surface area contributed by atoms with Gasteiger partial charge in [0.15, 0.2) is 0 Å². The van der Waals surface area contributed by atoms with Gasteiger partial charge in [-0.2, -0.15) is 0 Å². The molecule has 1 aliphatic rings. The van der Waals surface area contributed by atoms with Gasteiger partial charge >= 0.3 is 0 Å². The van der Waals surface area contributed by atoms with E-state index in [1.165, 1.54) is 29.3 Å². The Balaban J connectivity index is 1.83. The maximum atomic E-state index is 13.1. The molecule has 0 fully saturated rings. The van der Waals surface area contributed by atoms with E-state index in [0.29, 0.717) is 10.0 Å². The summed E-state index contributed by atoms with van der Waals surface area (Å²) < 4.78 is 13.6. The van der Waals surface area contributed by atoms with Gasteiger partial charge < -0.3 is 5.32 Å². The molecule has 108 valence electrons. The van der Waals surface area contributed by atoms with Gasteiger partial charge in [-0.15, -0.1) is 0 Å². The Morgan fingerprint density at radius 3 is 2.86 bits per heavy atom. The summed E-state index contributed by atoms with van der Waals surface area (Å²) in [5.74, 6) is -0.537. The van der Waals surface area contributed by atoms with E-state index in [0.717, 1.165) is 19.3 Å². The van der Waals surface area contributed by atoms with Crippen molar-refractivity contribution in [2.24, 2.45) is 0 Å². The second kappa shape index (κ2) is 5.98.